The van der Waals surface area contributed by atoms with Gasteiger partial charge >= 0.3 is 6.03 Å². The van der Waals surface area contributed by atoms with E-state index in [1.807, 2.05) is 4.90 Å². The maximum atomic E-state index is 12.0. The Labute approximate surface area is 106 Å². The third-order valence-electron chi connectivity index (χ3n) is 3.07. The van der Waals surface area contributed by atoms with Gasteiger partial charge in [-0.1, -0.05) is 12.1 Å². The second-order valence-electron chi connectivity index (χ2n) is 4.47. The highest BCUT2D eigenvalue weighted by atomic mass is 16.2. The summed E-state index contributed by atoms with van der Waals surface area (Å²) in [7, 11) is 0. The Morgan fingerprint density at radius 1 is 1.28 bits per heavy atom. The Balaban J connectivity index is 2.02. The zero-order valence-electron chi connectivity index (χ0n) is 10.3. The zero-order chi connectivity index (χ0) is 13.0. The molecule has 1 aliphatic rings. The number of hydrogen-bond acceptors (Lipinski definition) is 2. The molecule has 0 unspecified atom stereocenters. The number of anilines is 1. The summed E-state index contributed by atoms with van der Waals surface area (Å²) in [6.07, 6.45) is 3.34. The average molecular weight is 246 g/mol. The molecule has 0 radical (unpaired) electrons. The quantitative estimate of drug-likeness (QED) is 0.551. The fourth-order valence-corrected chi connectivity index (χ4v) is 2.06. The topological polar surface area (TPSA) is 82.2 Å². The number of amidine groups is 1. The van der Waals surface area contributed by atoms with Gasteiger partial charge in [0.05, 0.1) is 0 Å². The highest BCUT2D eigenvalue weighted by molar-refractivity contribution is 5.97. The lowest BCUT2D eigenvalue weighted by Gasteiger charge is -2.26. The van der Waals surface area contributed by atoms with Crippen molar-refractivity contribution in [3.05, 3.63) is 29.8 Å². The molecular formula is C13H18N4O. The van der Waals surface area contributed by atoms with E-state index in [2.05, 4.69) is 5.32 Å². The molecule has 0 spiro atoms. The van der Waals surface area contributed by atoms with Crippen molar-refractivity contribution in [2.75, 3.05) is 18.4 Å². The van der Waals surface area contributed by atoms with Crippen LogP contribution < -0.4 is 11.1 Å². The monoisotopic (exact) mass is 246 g/mol. The van der Waals surface area contributed by atoms with Crippen LogP contribution in [0.2, 0.25) is 0 Å². The van der Waals surface area contributed by atoms with Crippen LogP contribution in [0.3, 0.4) is 0 Å². The van der Waals surface area contributed by atoms with Crippen molar-refractivity contribution < 1.29 is 4.79 Å². The van der Waals surface area contributed by atoms with Crippen molar-refractivity contribution in [2.24, 2.45) is 5.73 Å². The Morgan fingerprint density at radius 3 is 2.67 bits per heavy atom. The predicted molar refractivity (Wildman–Crippen MR) is 71.9 cm³/mol. The number of nitrogen functional groups attached to an aromatic ring is 1. The summed E-state index contributed by atoms with van der Waals surface area (Å²) in [5.74, 6) is 0.00377. The molecule has 1 fully saturated rings. The van der Waals surface area contributed by atoms with Crippen molar-refractivity contribution in [2.45, 2.75) is 19.3 Å². The van der Waals surface area contributed by atoms with E-state index in [1.165, 1.54) is 6.42 Å². The molecule has 1 aromatic rings. The lowest BCUT2D eigenvalue weighted by Crippen LogP contribution is -2.38. The zero-order valence-corrected chi connectivity index (χ0v) is 10.3. The average Bonchev–Trinajstić information content (AvgIpc) is 2.40. The first-order valence-electron chi connectivity index (χ1n) is 6.17. The second-order valence-corrected chi connectivity index (χ2v) is 4.47. The first-order chi connectivity index (χ1) is 8.66. The molecule has 0 aromatic heterocycles. The molecule has 0 atom stereocenters. The normalized spacial score (nSPS) is 15.2. The number of hydrogen-bond donors (Lipinski definition) is 3. The number of nitrogens with two attached hydrogens (primary N) is 1. The Hall–Kier alpha value is -2.04. The van der Waals surface area contributed by atoms with Crippen molar-refractivity contribution >= 4 is 17.6 Å². The summed E-state index contributed by atoms with van der Waals surface area (Å²) in [5.41, 5.74) is 6.71. The van der Waals surface area contributed by atoms with Gasteiger partial charge in [-0.15, -0.1) is 0 Å². The van der Waals surface area contributed by atoms with Gasteiger partial charge in [0.25, 0.3) is 0 Å². The van der Waals surface area contributed by atoms with Crippen LogP contribution in [0.15, 0.2) is 24.3 Å². The van der Waals surface area contributed by atoms with Gasteiger partial charge in [0.1, 0.15) is 5.84 Å². The van der Waals surface area contributed by atoms with Crippen LogP contribution in [0, 0.1) is 5.41 Å². The number of benzene rings is 1. The fraction of sp³-hybridized carbons (Fsp3) is 0.385. The van der Waals surface area contributed by atoms with Gasteiger partial charge in [0, 0.05) is 24.3 Å². The van der Waals surface area contributed by atoms with E-state index >= 15 is 0 Å². The molecule has 1 heterocycles. The largest absolute Gasteiger partial charge is 0.384 e. The molecule has 0 saturated carbocycles. The van der Waals surface area contributed by atoms with Crippen molar-refractivity contribution in [1.29, 1.82) is 5.41 Å². The molecule has 1 aromatic carbocycles. The Bertz CT molecular complexity index is 452. The summed E-state index contributed by atoms with van der Waals surface area (Å²) >= 11 is 0. The van der Waals surface area contributed by atoms with Gasteiger partial charge in [-0.3, -0.25) is 5.41 Å². The molecule has 96 valence electrons. The third-order valence-corrected chi connectivity index (χ3v) is 3.07. The van der Waals surface area contributed by atoms with Gasteiger partial charge in [-0.25, -0.2) is 4.79 Å². The number of carbonyl (C=O) groups is 1. The van der Waals surface area contributed by atoms with E-state index < -0.39 is 0 Å². The number of nitrogens with one attached hydrogen (secondary N) is 2. The third kappa shape index (κ3) is 3.00. The molecule has 2 rings (SSSR count). The van der Waals surface area contributed by atoms with E-state index in [0.717, 1.165) is 25.9 Å². The molecule has 4 N–H and O–H groups in total. The summed E-state index contributed by atoms with van der Waals surface area (Å²) in [6, 6.07) is 6.97. The summed E-state index contributed by atoms with van der Waals surface area (Å²) < 4.78 is 0. The number of piperidine rings is 1. The number of nitrogens with zero attached hydrogens (tertiary/aromatic N) is 1. The van der Waals surface area contributed by atoms with Gasteiger partial charge in [-0.05, 0) is 31.4 Å². The van der Waals surface area contributed by atoms with Crippen LogP contribution >= 0.6 is 0 Å². The van der Waals surface area contributed by atoms with E-state index in [9.17, 15) is 4.79 Å². The van der Waals surface area contributed by atoms with E-state index in [0.29, 0.717) is 11.3 Å². The smallest absolute Gasteiger partial charge is 0.321 e. The van der Waals surface area contributed by atoms with Crippen molar-refractivity contribution in [1.82, 2.24) is 4.90 Å². The number of urea groups is 1. The summed E-state index contributed by atoms with van der Waals surface area (Å²) in [5, 5.41) is 10.2. The van der Waals surface area contributed by atoms with Crippen LogP contribution in [0.25, 0.3) is 0 Å². The number of likely N-dealkylation sites (tertiary alicyclic amines) is 1. The molecular weight excluding hydrogens is 228 g/mol. The second kappa shape index (κ2) is 5.53. The summed E-state index contributed by atoms with van der Waals surface area (Å²) in [4.78, 5) is 13.8. The van der Waals surface area contributed by atoms with Crippen molar-refractivity contribution in [3.8, 4) is 0 Å². The van der Waals surface area contributed by atoms with E-state index in [1.54, 1.807) is 24.3 Å². The number of carbonyl (C=O) groups excluding carboxylic acids is 1. The molecule has 5 nitrogen and oxygen atoms in total. The minimum atomic E-state index is -0.0737. The molecule has 2 amide bonds. The first kappa shape index (κ1) is 12.4. The molecule has 1 saturated heterocycles. The molecule has 0 bridgehead atoms. The molecule has 0 aliphatic carbocycles. The van der Waals surface area contributed by atoms with Gasteiger partial charge in [-0.2, -0.15) is 0 Å². The Kier molecular flexibility index (Phi) is 3.82. The van der Waals surface area contributed by atoms with Gasteiger partial charge in [0.15, 0.2) is 0 Å². The van der Waals surface area contributed by atoms with Crippen LogP contribution in [0.4, 0.5) is 10.5 Å². The van der Waals surface area contributed by atoms with Crippen LogP contribution in [-0.2, 0) is 0 Å². The number of rotatable bonds is 2. The molecule has 1 aliphatic heterocycles. The lowest BCUT2D eigenvalue weighted by atomic mass is 10.1. The van der Waals surface area contributed by atoms with Gasteiger partial charge in [0.2, 0.25) is 0 Å². The predicted octanol–water partition coefficient (Wildman–Crippen LogP) is 1.99. The highest BCUT2D eigenvalue weighted by Crippen LogP contribution is 2.13. The minimum absolute atomic E-state index is 0.00377. The highest BCUT2D eigenvalue weighted by Gasteiger charge is 2.16. The Morgan fingerprint density at radius 2 is 2.00 bits per heavy atom. The van der Waals surface area contributed by atoms with E-state index in [-0.39, 0.29) is 11.9 Å². The van der Waals surface area contributed by atoms with Crippen LogP contribution in [-0.4, -0.2) is 29.9 Å². The fourth-order valence-electron chi connectivity index (χ4n) is 2.06. The maximum Gasteiger partial charge on any atom is 0.321 e. The standard InChI is InChI=1S/C13H18N4O/c14-12(15)10-5-4-6-11(9-10)16-13(18)17-7-2-1-3-8-17/h4-6,9H,1-3,7-8H2,(H3,14,15)(H,16,18). The van der Waals surface area contributed by atoms with Gasteiger partial charge < -0.3 is 16.0 Å². The minimum Gasteiger partial charge on any atom is -0.384 e. The van der Waals surface area contributed by atoms with Crippen molar-refractivity contribution in [3.63, 3.8) is 0 Å². The maximum absolute atomic E-state index is 12.0. The summed E-state index contributed by atoms with van der Waals surface area (Å²) in [6.45, 7) is 1.64. The molecule has 18 heavy (non-hydrogen) atoms. The SMILES string of the molecule is N=C(N)c1cccc(NC(=O)N2CCCCC2)c1. The van der Waals surface area contributed by atoms with E-state index in [4.69, 9.17) is 11.1 Å². The molecule has 5 heteroatoms. The lowest BCUT2D eigenvalue weighted by molar-refractivity contribution is 0.200. The van der Waals surface area contributed by atoms with Crippen LogP contribution in [0.1, 0.15) is 24.8 Å². The first-order valence-corrected chi connectivity index (χ1v) is 6.17. The van der Waals surface area contributed by atoms with Crippen LogP contribution in [0.5, 0.6) is 0 Å². The number of amides is 2.